The molecule has 0 saturated carbocycles. The number of nitrogens with zero attached hydrogens (tertiary/aromatic N) is 3. The summed E-state index contributed by atoms with van der Waals surface area (Å²) in [6.45, 7) is 3.54. The van der Waals surface area contributed by atoms with Crippen LogP contribution in [0.15, 0.2) is 41.8 Å². The molecule has 0 unspecified atom stereocenters. The second-order valence-corrected chi connectivity index (χ2v) is 8.91. The van der Waals surface area contributed by atoms with Gasteiger partial charge in [0.15, 0.2) is 5.03 Å². The Morgan fingerprint density at radius 1 is 1.33 bits per heavy atom. The van der Waals surface area contributed by atoms with Crippen LogP contribution in [0.5, 0.6) is 0 Å². The average molecular weight is 411 g/mol. The maximum Gasteiger partial charge on any atom is 0.262 e. The molecule has 2 aromatic rings. The third kappa shape index (κ3) is 4.69. The number of hydrogen-bond donors (Lipinski definition) is 1. The summed E-state index contributed by atoms with van der Waals surface area (Å²) in [5.74, 6) is -0.502. The largest absolute Gasteiger partial charge is 0.352 e. The summed E-state index contributed by atoms with van der Waals surface area (Å²) < 4.78 is 28.7. The van der Waals surface area contributed by atoms with Crippen molar-refractivity contribution in [1.82, 2.24) is 19.2 Å². The predicted molar refractivity (Wildman–Crippen MR) is 103 cm³/mol. The maximum atomic E-state index is 12.8. The second kappa shape index (κ2) is 8.41. The lowest BCUT2D eigenvalue weighted by molar-refractivity contribution is -0.126. The van der Waals surface area contributed by atoms with Crippen LogP contribution >= 0.6 is 11.6 Å². The number of aryl methyl sites for hydroxylation is 1. The first-order valence-electron chi connectivity index (χ1n) is 8.94. The molecule has 0 spiro atoms. The molecule has 1 saturated heterocycles. The Hall–Kier alpha value is -1.90. The van der Waals surface area contributed by atoms with E-state index in [9.17, 15) is 13.2 Å². The molecule has 1 aromatic carbocycles. The van der Waals surface area contributed by atoms with Crippen LogP contribution in [0.4, 0.5) is 0 Å². The van der Waals surface area contributed by atoms with Gasteiger partial charge in [-0.15, -0.1) is 0 Å². The SMILES string of the molecule is CCn1cnc(S(=O)(=O)N2CCC[C@@H](C(=O)NCc3ccc(Cl)cc3)C2)c1. The molecule has 2 heterocycles. The Balaban J connectivity index is 1.62. The molecule has 1 amide bonds. The summed E-state index contributed by atoms with van der Waals surface area (Å²) in [6, 6.07) is 7.25. The number of amides is 1. The van der Waals surface area contributed by atoms with E-state index in [1.54, 1.807) is 16.7 Å². The van der Waals surface area contributed by atoms with Crippen LogP contribution in [0.2, 0.25) is 5.02 Å². The maximum absolute atomic E-state index is 12.8. The van der Waals surface area contributed by atoms with Gasteiger partial charge in [-0.05, 0) is 37.5 Å². The number of imidazole rings is 1. The van der Waals surface area contributed by atoms with E-state index in [4.69, 9.17) is 11.6 Å². The van der Waals surface area contributed by atoms with Crippen molar-refractivity contribution < 1.29 is 13.2 Å². The molecule has 1 aliphatic heterocycles. The van der Waals surface area contributed by atoms with Gasteiger partial charge in [-0.2, -0.15) is 4.31 Å². The fraction of sp³-hybridized carbons (Fsp3) is 0.444. The van der Waals surface area contributed by atoms with E-state index < -0.39 is 10.0 Å². The van der Waals surface area contributed by atoms with Crippen molar-refractivity contribution in [3.8, 4) is 0 Å². The van der Waals surface area contributed by atoms with Gasteiger partial charge in [0.2, 0.25) is 5.91 Å². The number of carbonyl (C=O) groups excluding carboxylic acids is 1. The Kier molecular flexibility index (Phi) is 6.18. The zero-order valence-corrected chi connectivity index (χ0v) is 16.7. The van der Waals surface area contributed by atoms with Gasteiger partial charge in [0.05, 0.1) is 12.2 Å². The van der Waals surface area contributed by atoms with Gasteiger partial charge in [-0.3, -0.25) is 4.79 Å². The van der Waals surface area contributed by atoms with E-state index in [0.717, 1.165) is 5.56 Å². The minimum absolute atomic E-state index is 0.0339. The monoisotopic (exact) mass is 410 g/mol. The van der Waals surface area contributed by atoms with Crippen molar-refractivity contribution in [3.05, 3.63) is 47.4 Å². The predicted octanol–water partition coefficient (Wildman–Crippen LogP) is 2.27. The van der Waals surface area contributed by atoms with Crippen molar-refractivity contribution in [2.45, 2.75) is 37.9 Å². The first-order chi connectivity index (χ1) is 12.9. The first kappa shape index (κ1) is 19.9. The molecule has 0 radical (unpaired) electrons. The summed E-state index contributed by atoms with van der Waals surface area (Å²) in [4.78, 5) is 16.5. The normalized spacial score (nSPS) is 18.4. The minimum Gasteiger partial charge on any atom is -0.352 e. The lowest BCUT2D eigenvalue weighted by atomic mass is 9.99. The standard InChI is InChI=1S/C18H23ClN4O3S/c1-2-22-12-17(21-13-22)27(25,26)23-9-3-4-15(11-23)18(24)20-10-14-5-7-16(19)8-6-14/h5-8,12-13,15H,2-4,9-11H2,1H3,(H,20,24)/t15-/m1/s1. The van der Waals surface area contributed by atoms with Gasteiger partial charge in [0.1, 0.15) is 0 Å². The lowest BCUT2D eigenvalue weighted by Crippen LogP contribution is -2.45. The molecule has 0 aliphatic carbocycles. The number of nitrogens with one attached hydrogen (secondary N) is 1. The van der Waals surface area contributed by atoms with Crippen LogP contribution < -0.4 is 5.32 Å². The molecule has 7 nitrogen and oxygen atoms in total. The van der Waals surface area contributed by atoms with E-state index >= 15 is 0 Å². The minimum atomic E-state index is -3.68. The van der Waals surface area contributed by atoms with Crippen molar-refractivity contribution in [2.24, 2.45) is 5.92 Å². The van der Waals surface area contributed by atoms with Crippen molar-refractivity contribution in [2.75, 3.05) is 13.1 Å². The van der Waals surface area contributed by atoms with E-state index in [1.165, 1.54) is 16.8 Å². The molecule has 1 aromatic heterocycles. The number of rotatable bonds is 6. The van der Waals surface area contributed by atoms with Crippen LogP contribution in [-0.2, 0) is 27.9 Å². The number of sulfonamides is 1. The number of benzene rings is 1. The van der Waals surface area contributed by atoms with Crippen LogP contribution in [0.25, 0.3) is 0 Å². The van der Waals surface area contributed by atoms with Gasteiger partial charge < -0.3 is 9.88 Å². The molecule has 1 N–H and O–H groups in total. The number of carbonyl (C=O) groups is 1. The highest BCUT2D eigenvalue weighted by atomic mass is 35.5. The molecule has 9 heteroatoms. The third-order valence-corrected chi connectivity index (χ3v) is 6.72. The fourth-order valence-electron chi connectivity index (χ4n) is 3.09. The highest BCUT2D eigenvalue weighted by molar-refractivity contribution is 7.89. The lowest BCUT2D eigenvalue weighted by Gasteiger charge is -2.30. The topological polar surface area (TPSA) is 84.3 Å². The summed E-state index contributed by atoms with van der Waals surface area (Å²) in [6.07, 6.45) is 4.35. The van der Waals surface area contributed by atoms with Gasteiger partial charge >= 0.3 is 0 Å². The molecular weight excluding hydrogens is 388 g/mol. The van der Waals surface area contributed by atoms with E-state index in [0.29, 0.717) is 37.5 Å². The zero-order chi connectivity index (χ0) is 19.4. The molecule has 27 heavy (non-hydrogen) atoms. The van der Waals surface area contributed by atoms with Crippen LogP contribution in [0.1, 0.15) is 25.3 Å². The van der Waals surface area contributed by atoms with Crippen LogP contribution in [-0.4, -0.2) is 41.3 Å². The van der Waals surface area contributed by atoms with Crippen LogP contribution in [0, 0.1) is 5.92 Å². The van der Waals surface area contributed by atoms with E-state index in [-0.39, 0.29) is 23.4 Å². The van der Waals surface area contributed by atoms with Crippen LogP contribution in [0.3, 0.4) is 0 Å². The highest BCUT2D eigenvalue weighted by Crippen LogP contribution is 2.23. The summed E-state index contributed by atoms with van der Waals surface area (Å²) in [7, 11) is -3.68. The number of hydrogen-bond acceptors (Lipinski definition) is 4. The Morgan fingerprint density at radius 2 is 2.07 bits per heavy atom. The molecule has 1 fully saturated rings. The highest BCUT2D eigenvalue weighted by Gasteiger charge is 2.34. The quantitative estimate of drug-likeness (QED) is 0.791. The average Bonchev–Trinajstić information content (AvgIpc) is 3.17. The molecular formula is C18H23ClN4O3S. The summed E-state index contributed by atoms with van der Waals surface area (Å²) in [5, 5.41) is 3.57. The molecule has 3 rings (SSSR count). The van der Waals surface area contributed by atoms with E-state index in [2.05, 4.69) is 10.3 Å². The fourth-order valence-corrected chi connectivity index (χ4v) is 4.67. The van der Waals surface area contributed by atoms with E-state index in [1.807, 2.05) is 19.1 Å². The number of piperidine rings is 1. The van der Waals surface area contributed by atoms with Gasteiger partial charge in [0, 0.05) is 37.4 Å². The molecule has 1 aliphatic rings. The molecule has 0 bridgehead atoms. The Labute approximate surface area is 164 Å². The summed E-state index contributed by atoms with van der Waals surface area (Å²) in [5.41, 5.74) is 0.943. The van der Waals surface area contributed by atoms with Crippen molar-refractivity contribution in [3.63, 3.8) is 0 Å². The molecule has 146 valence electrons. The smallest absolute Gasteiger partial charge is 0.262 e. The van der Waals surface area contributed by atoms with Crippen molar-refractivity contribution in [1.29, 1.82) is 0 Å². The third-order valence-electron chi connectivity index (χ3n) is 4.71. The van der Waals surface area contributed by atoms with Gasteiger partial charge in [-0.1, -0.05) is 23.7 Å². The van der Waals surface area contributed by atoms with Gasteiger partial charge in [0.25, 0.3) is 10.0 Å². The Morgan fingerprint density at radius 3 is 2.74 bits per heavy atom. The zero-order valence-electron chi connectivity index (χ0n) is 15.1. The molecule has 1 atom stereocenters. The van der Waals surface area contributed by atoms with Crippen molar-refractivity contribution >= 4 is 27.5 Å². The first-order valence-corrected chi connectivity index (χ1v) is 10.8. The van der Waals surface area contributed by atoms with Gasteiger partial charge in [-0.25, -0.2) is 13.4 Å². The second-order valence-electron chi connectivity index (χ2n) is 6.59. The Bertz CT molecular complexity index is 896. The number of aromatic nitrogens is 2. The summed E-state index contributed by atoms with van der Waals surface area (Å²) >= 11 is 5.86. The number of halogens is 1.